The van der Waals surface area contributed by atoms with Gasteiger partial charge >= 0.3 is 0 Å². The monoisotopic (exact) mass is 219 g/mol. The molecule has 0 aliphatic carbocycles. The maximum absolute atomic E-state index is 5.83. The van der Waals surface area contributed by atoms with Gasteiger partial charge in [-0.3, -0.25) is 0 Å². The van der Waals surface area contributed by atoms with Gasteiger partial charge in [0.1, 0.15) is 5.75 Å². The van der Waals surface area contributed by atoms with Crippen LogP contribution in [-0.2, 0) is 6.61 Å². The Bertz CT molecular complexity index is 440. The maximum atomic E-state index is 5.83. The fraction of sp³-hybridized carbons (Fsp3) is 0.273. The first-order valence-electron chi connectivity index (χ1n) is 5.00. The van der Waals surface area contributed by atoms with Crippen molar-refractivity contribution in [3.63, 3.8) is 0 Å². The highest BCUT2D eigenvalue weighted by Gasteiger charge is 2.08. The van der Waals surface area contributed by atoms with Crippen molar-refractivity contribution in [2.45, 2.75) is 19.6 Å². The molecule has 0 aliphatic heterocycles. The van der Waals surface area contributed by atoms with Crippen molar-refractivity contribution in [2.24, 2.45) is 5.73 Å². The molecule has 5 heteroatoms. The topological polar surface area (TPSA) is 74.2 Å². The molecule has 0 fully saturated rings. The van der Waals surface area contributed by atoms with Crippen molar-refractivity contribution in [1.29, 1.82) is 0 Å². The lowest BCUT2D eigenvalue weighted by Crippen LogP contribution is -2.08. The summed E-state index contributed by atoms with van der Waals surface area (Å²) in [6.07, 6.45) is 1.27. The smallest absolute Gasteiger partial charge is 0.213 e. The molecule has 0 radical (unpaired) electrons. The molecular weight excluding hydrogens is 206 g/mol. The first-order valence-corrected chi connectivity index (χ1v) is 5.00. The van der Waals surface area contributed by atoms with Gasteiger partial charge in [-0.1, -0.05) is 23.4 Å². The molecule has 0 spiro atoms. The van der Waals surface area contributed by atoms with E-state index in [4.69, 9.17) is 10.5 Å². The summed E-state index contributed by atoms with van der Waals surface area (Å²) in [5.74, 6) is 1.27. The van der Waals surface area contributed by atoms with Crippen LogP contribution in [-0.4, -0.2) is 10.1 Å². The maximum Gasteiger partial charge on any atom is 0.213 e. The number of nitrogens with zero attached hydrogens (tertiary/aromatic N) is 2. The van der Waals surface area contributed by atoms with Gasteiger partial charge in [0.15, 0.2) is 6.61 Å². The van der Waals surface area contributed by atoms with Crippen molar-refractivity contribution in [1.82, 2.24) is 10.1 Å². The minimum atomic E-state index is -0.0681. The number of para-hydroxylation sites is 1. The van der Waals surface area contributed by atoms with Crippen LogP contribution < -0.4 is 10.5 Å². The third kappa shape index (κ3) is 2.38. The lowest BCUT2D eigenvalue weighted by atomic mass is 10.1. The summed E-state index contributed by atoms with van der Waals surface area (Å²) < 4.78 is 10.2. The number of nitrogens with two attached hydrogens (primary N) is 1. The SMILES string of the molecule is CC(N)c1ccccc1OCc1ncon1. The Morgan fingerprint density at radius 3 is 2.94 bits per heavy atom. The molecule has 1 atom stereocenters. The standard InChI is InChI=1S/C11H13N3O2/c1-8(12)9-4-2-3-5-10(9)15-6-11-13-7-16-14-11/h2-5,7-8H,6,12H2,1H3. The van der Waals surface area contributed by atoms with E-state index in [2.05, 4.69) is 14.7 Å². The largest absolute Gasteiger partial charge is 0.485 e. The Morgan fingerprint density at radius 1 is 1.44 bits per heavy atom. The van der Waals surface area contributed by atoms with Crippen LogP contribution >= 0.6 is 0 Å². The normalized spacial score (nSPS) is 12.4. The van der Waals surface area contributed by atoms with E-state index in [9.17, 15) is 0 Å². The van der Waals surface area contributed by atoms with Gasteiger partial charge in [0.25, 0.3) is 0 Å². The molecule has 5 nitrogen and oxygen atoms in total. The van der Waals surface area contributed by atoms with E-state index in [1.165, 1.54) is 6.39 Å². The van der Waals surface area contributed by atoms with Gasteiger partial charge in [0.2, 0.25) is 12.2 Å². The van der Waals surface area contributed by atoms with E-state index in [1.807, 2.05) is 31.2 Å². The molecule has 1 heterocycles. The van der Waals surface area contributed by atoms with Crippen molar-refractivity contribution in [3.8, 4) is 5.75 Å². The number of benzene rings is 1. The molecule has 0 amide bonds. The zero-order valence-corrected chi connectivity index (χ0v) is 8.96. The number of hydrogen-bond donors (Lipinski definition) is 1. The molecule has 1 unspecified atom stereocenters. The molecule has 2 aromatic rings. The number of aromatic nitrogens is 2. The Morgan fingerprint density at radius 2 is 2.25 bits per heavy atom. The first-order chi connectivity index (χ1) is 7.77. The third-order valence-corrected chi connectivity index (χ3v) is 2.17. The van der Waals surface area contributed by atoms with Gasteiger partial charge < -0.3 is 15.0 Å². The predicted molar refractivity (Wildman–Crippen MR) is 57.7 cm³/mol. The third-order valence-electron chi connectivity index (χ3n) is 2.17. The van der Waals surface area contributed by atoms with E-state index >= 15 is 0 Å². The molecular formula is C11H13N3O2. The van der Waals surface area contributed by atoms with Crippen LogP contribution in [0, 0.1) is 0 Å². The highest BCUT2D eigenvalue weighted by molar-refractivity contribution is 5.35. The Labute approximate surface area is 93.2 Å². The zero-order chi connectivity index (χ0) is 11.4. The Kier molecular flexibility index (Phi) is 3.16. The van der Waals surface area contributed by atoms with Crippen LogP contribution in [0.4, 0.5) is 0 Å². The minimum absolute atomic E-state index is 0.0681. The summed E-state index contributed by atoms with van der Waals surface area (Å²) in [6.45, 7) is 2.19. The summed E-state index contributed by atoms with van der Waals surface area (Å²) >= 11 is 0. The molecule has 1 aromatic heterocycles. The van der Waals surface area contributed by atoms with Crippen molar-refractivity contribution < 1.29 is 9.26 Å². The lowest BCUT2D eigenvalue weighted by Gasteiger charge is -2.12. The first kappa shape index (κ1) is 10.6. The molecule has 16 heavy (non-hydrogen) atoms. The summed E-state index contributed by atoms with van der Waals surface area (Å²) in [5, 5.41) is 3.66. The summed E-state index contributed by atoms with van der Waals surface area (Å²) in [6, 6.07) is 7.58. The summed E-state index contributed by atoms with van der Waals surface area (Å²) in [4.78, 5) is 3.87. The van der Waals surface area contributed by atoms with Gasteiger partial charge in [0.05, 0.1) is 0 Å². The average Bonchev–Trinajstić information content (AvgIpc) is 2.79. The van der Waals surface area contributed by atoms with Gasteiger partial charge in [-0.2, -0.15) is 4.98 Å². The van der Waals surface area contributed by atoms with Crippen LogP contribution in [0.25, 0.3) is 0 Å². The van der Waals surface area contributed by atoms with Gasteiger partial charge in [-0.05, 0) is 13.0 Å². The van der Waals surface area contributed by atoms with Crippen molar-refractivity contribution >= 4 is 0 Å². The molecule has 2 rings (SSSR count). The molecule has 0 saturated carbocycles. The van der Waals surface area contributed by atoms with Crippen molar-refractivity contribution in [2.75, 3.05) is 0 Å². The van der Waals surface area contributed by atoms with Crippen LogP contribution in [0.2, 0.25) is 0 Å². The second-order valence-corrected chi connectivity index (χ2v) is 3.46. The number of ether oxygens (including phenoxy) is 1. The second-order valence-electron chi connectivity index (χ2n) is 3.46. The number of rotatable bonds is 4. The second kappa shape index (κ2) is 4.76. The van der Waals surface area contributed by atoms with E-state index in [-0.39, 0.29) is 12.6 Å². The van der Waals surface area contributed by atoms with Crippen LogP contribution in [0.15, 0.2) is 35.2 Å². The van der Waals surface area contributed by atoms with Crippen LogP contribution in [0.5, 0.6) is 5.75 Å². The van der Waals surface area contributed by atoms with Crippen LogP contribution in [0.1, 0.15) is 24.4 Å². The quantitative estimate of drug-likeness (QED) is 0.846. The molecule has 0 aliphatic rings. The zero-order valence-electron chi connectivity index (χ0n) is 8.96. The van der Waals surface area contributed by atoms with E-state index < -0.39 is 0 Å². The minimum Gasteiger partial charge on any atom is -0.485 e. The molecule has 84 valence electrons. The van der Waals surface area contributed by atoms with E-state index in [0.29, 0.717) is 5.82 Å². The highest BCUT2D eigenvalue weighted by Crippen LogP contribution is 2.23. The van der Waals surface area contributed by atoms with Gasteiger partial charge in [-0.25, -0.2) is 0 Å². The van der Waals surface area contributed by atoms with Crippen LogP contribution in [0.3, 0.4) is 0 Å². The molecule has 0 bridgehead atoms. The fourth-order valence-electron chi connectivity index (χ4n) is 1.39. The molecule has 2 N–H and O–H groups in total. The summed E-state index contributed by atoms with van der Waals surface area (Å²) in [5.41, 5.74) is 6.80. The summed E-state index contributed by atoms with van der Waals surface area (Å²) in [7, 11) is 0. The van der Waals surface area contributed by atoms with Crippen molar-refractivity contribution in [3.05, 3.63) is 42.0 Å². The van der Waals surface area contributed by atoms with E-state index in [1.54, 1.807) is 0 Å². The number of hydrogen-bond acceptors (Lipinski definition) is 5. The Hall–Kier alpha value is -1.88. The van der Waals surface area contributed by atoms with Gasteiger partial charge in [0, 0.05) is 11.6 Å². The highest BCUT2D eigenvalue weighted by atomic mass is 16.5. The fourth-order valence-corrected chi connectivity index (χ4v) is 1.39. The lowest BCUT2D eigenvalue weighted by molar-refractivity contribution is 0.282. The Balaban J connectivity index is 2.09. The average molecular weight is 219 g/mol. The molecule has 0 saturated heterocycles. The van der Waals surface area contributed by atoms with Gasteiger partial charge in [-0.15, -0.1) is 0 Å². The predicted octanol–water partition coefficient (Wildman–Crippen LogP) is 1.67. The molecule has 1 aromatic carbocycles. The van der Waals surface area contributed by atoms with E-state index in [0.717, 1.165) is 11.3 Å².